The van der Waals surface area contributed by atoms with Crippen molar-refractivity contribution in [3.8, 4) is 17.2 Å². The number of nitrogens with zero attached hydrogens (tertiary/aromatic N) is 3. The first-order valence-corrected chi connectivity index (χ1v) is 8.22. The molecule has 27 heavy (non-hydrogen) atoms. The van der Waals surface area contributed by atoms with Crippen LogP contribution in [0.3, 0.4) is 0 Å². The molecule has 0 amide bonds. The van der Waals surface area contributed by atoms with Crippen LogP contribution in [0.5, 0.6) is 5.75 Å². The normalized spacial score (nSPS) is 11.8. The van der Waals surface area contributed by atoms with Crippen molar-refractivity contribution >= 4 is 0 Å². The number of aryl methyl sites for hydroxylation is 1. The lowest BCUT2D eigenvalue weighted by Crippen LogP contribution is -2.21. The Bertz CT molecular complexity index is 909. The Morgan fingerprint density at radius 1 is 1.04 bits per heavy atom. The summed E-state index contributed by atoms with van der Waals surface area (Å²) >= 11 is 0. The molecule has 0 aliphatic carbocycles. The minimum Gasteiger partial charge on any atom is -0.419 e. The third-order valence-electron chi connectivity index (χ3n) is 3.78. The van der Waals surface area contributed by atoms with Gasteiger partial charge in [0.05, 0.1) is 6.54 Å². The Balaban J connectivity index is 1.68. The van der Waals surface area contributed by atoms with Gasteiger partial charge in [-0.3, -0.25) is 4.90 Å². The van der Waals surface area contributed by atoms with Gasteiger partial charge in [0.15, 0.2) is 0 Å². The smallest absolute Gasteiger partial charge is 0.419 e. The van der Waals surface area contributed by atoms with Crippen molar-refractivity contribution in [3.05, 3.63) is 65.5 Å². The van der Waals surface area contributed by atoms with Crippen LogP contribution in [0.2, 0.25) is 0 Å². The molecule has 1 aromatic heterocycles. The minimum atomic E-state index is -4.73. The van der Waals surface area contributed by atoms with E-state index < -0.39 is 6.36 Å². The van der Waals surface area contributed by atoms with Crippen molar-refractivity contribution < 1.29 is 22.3 Å². The Hall–Kier alpha value is -2.87. The first-order chi connectivity index (χ1) is 12.8. The molecule has 0 radical (unpaired) electrons. The summed E-state index contributed by atoms with van der Waals surface area (Å²) in [6.07, 6.45) is -4.73. The lowest BCUT2D eigenvalue weighted by Gasteiger charge is -2.18. The number of hydrogen-bond donors (Lipinski definition) is 0. The van der Waals surface area contributed by atoms with Crippen molar-refractivity contribution in [1.29, 1.82) is 0 Å². The summed E-state index contributed by atoms with van der Waals surface area (Å²) in [5, 5.41) is 8.05. The summed E-state index contributed by atoms with van der Waals surface area (Å²) in [4.78, 5) is 1.77. The van der Waals surface area contributed by atoms with Gasteiger partial charge < -0.3 is 9.15 Å². The second-order valence-electron chi connectivity index (χ2n) is 6.20. The monoisotopic (exact) mass is 377 g/mol. The predicted molar refractivity (Wildman–Crippen MR) is 92.8 cm³/mol. The molecule has 0 saturated carbocycles. The maximum absolute atomic E-state index is 12.5. The van der Waals surface area contributed by atoms with Crippen molar-refractivity contribution in [2.24, 2.45) is 0 Å². The highest BCUT2D eigenvalue weighted by molar-refractivity contribution is 5.53. The molecule has 0 atom stereocenters. The van der Waals surface area contributed by atoms with E-state index in [4.69, 9.17) is 4.42 Å². The topological polar surface area (TPSA) is 51.4 Å². The van der Waals surface area contributed by atoms with E-state index in [2.05, 4.69) is 14.9 Å². The molecule has 8 heteroatoms. The van der Waals surface area contributed by atoms with E-state index in [0.717, 1.165) is 11.1 Å². The van der Waals surface area contributed by atoms with E-state index in [1.807, 2.05) is 31.2 Å². The Morgan fingerprint density at radius 2 is 1.81 bits per heavy atom. The van der Waals surface area contributed by atoms with E-state index in [9.17, 15) is 13.2 Å². The first kappa shape index (κ1) is 18.9. The van der Waals surface area contributed by atoms with E-state index in [0.29, 0.717) is 23.9 Å². The van der Waals surface area contributed by atoms with Gasteiger partial charge in [-0.25, -0.2) is 0 Å². The number of hydrogen-bond acceptors (Lipinski definition) is 5. The van der Waals surface area contributed by atoms with Crippen LogP contribution in [-0.4, -0.2) is 28.5 Å². The predicted octanol–water partition coefficient (Wildman–Crippen LogP) is 4.58. The highest BCUT2D eigenvalue weighted by atomic mass is 19.4. The summed E-state index contributed by atoms with van der Waals surface area (Å²) < 4.78 is 47.3. The van der Waals surface area contributed by atoms with Gasteiger partial charge in [0, 0.05) is 17.7 Å². The molecule has 5 nitrogen and oxygen atoms in total. The summed E-state index contributed by atoms with van der Waals surface area (Å²) in [6, 6.07) is 13.7. The molecular weight excluding hydrogens is 359 g/mol. The standard InChI is InChI=1S/C19H18F3N3O2/c1-13-6-5-8-14(10-13)18-24-23-17(26-18)12-25(2)11-15-7-3-4-9-16(15)27-19(20,21)22/h3-10H,11-12H2,1-2H3. The molecule has 0 aliphatic heterocycles. The molecule has 0 N–H and O–H groups in total. The fraction of sp³-hybridized carbons (Fsp3) is 0.263. The zero-order valence-electron chi connectivity index (χ0n) is 14.8. The van der Waals surface area contributed by atoms with Crippen LogP contribution in [-0.2, 0) is 13.1 Å². The molecule has 1 heterocycles. The van der Waals surface area contributed by atoms with Gasteiger partial charge in [0.1, 0.15) is 5.75 Å². The molecule has 0 unspecified atom stereocenters. The van der Waals surface area contributed by atoms with Crippen molar-refractivity contribution in [1.82, 2.24) is 15.1 Å². The third kappa shape index (κ3) is 5.30. The highest BCUT2D eigenvalue weighted by Gasteiger charge is 2.32. The molecule has 2 aromatic carbocycles. The van der Waals surface area contributed by atoms with Gasteiger partial charge in [0.2, 0.25) is 11.8 Å². The number of aromatic nitrogens is 2. The average molecular weight is 377 g/mol. The maximum atomic E-state index is 12.5. The highest BCUT2D eigenvalue weighted by Crippen LogP contribution is 2.27. The second-order valence-corrected chi connectivity index (χ2v) is 6.20. The van der Waals surface area contributed by atoms with E-state index >= 15 is 0 Å². The van der Waals surface area contributed by atoms with E-state index in [-0.39, 0.29) is 12.3 Å². The number of ether oxygens (including phenoxy) is 1. The molecule has 0 saturated heterocycles. The van der Waals surface area contributed by atoms with Crippen LogP contribution in [0, 0.1) is 6.92 Å². The number of alkyl halides is 3. The quantitative estimate of drug-likeness (QED) is 0.630. The third-order valence-corrected chi connectivity index (χ3v) is 3.78. The molecule has 0 spiro atoms. The zero-order valence-corrected chi connectivity index (χ0v) is 14.8. The summed E-state index contributed by atoms with van der Waals surface area (Å²) in [7, 11) is 1.75. The van der Waals surface area contributed by atoms with Crippen LogP contribution >= 0.6 is 0 Å². The average Bonchev–Trinajstić information content (AvgIpc) is 3.04. The molecule has 0 aliphatic rings. The van der Waals surface area contributed by atoms with Gasteiger partial charge >= 0.3 is 6.36 Å². The molecule has 0 fully saturated rings. The van der Waals surface area contributed by atoms with Crippen LogP contribution < -0.4 is 4.74 Å². The van der Waals surface area contributed by atoms with Crippen molar-refractivity contribution in [2.75, 3.05) is 7.05 Å². The molecule has 3 rings (SSSR count). The lowest BCUT2D eigenvalue weighted by atomic mass is 10.1. The number of para-hydroxylation sites is 1. The van der Waals surface area contributed by atoms with Gasteiger partial charge in [-0.15, -0.1) is 23.4 Å². The lowest BCUT2D eigenvalue weighted by molar-refractivity contribution is -0.275. The van der Waals surface area contributed by atoms with Gasteiger partial charge in [0.25, 0.3) is 0 Å². The summed E-state index contributed by atoms with van der Waals surface area (Å²) in [5.74, 6) is 0.564. The fourth-order valence-corrected chi connectivity index (χ4v) is 2.65. The Labute approximate surface area is 154 Å². The second kappa shape index (κ2) is 7.79. The molecule has 0 bridgehead atoms. The first-order valence-electron chi connectivity index (χ1n) is 8.22. The number of benzene rings is 2. The van der Waals surface area contributed by atoms with Gasteiger partial charge in [-0.1, -0.05) is 35.9 Å². The van der Waals surface area contributed by atoms with Crippen LogP contribution in [0.4, 0.5) is 13.2 Å². The Morgan fingerprint density at radius 3 is 2.56 bits per heavy atom. The van der Waals surface area contributed by atoms with Crippen LogP contribution in [0.1, 0.15) is 17.0 Å². The van der Waals surface area contributed by atoms with Gasteiger partial charge in [-0.2, -0.15) is 0 Å². The van der Waals surface area contributed by atoms with Crippen LogP contribution in [0.25, 0.3) is 11.5 Å². The summed E-state index contributed by atoms with van der Waals surface area (Å²) in [5.41, 5.74) is 2.31. The SMILES string of the molecule is Cc1cccc(-c2nnc(CN(C)Cc3ccccc3OC(F)(F)F)o2)c1. The van der Waals surface area contributed by atoms with E-state index in [1.54, 1.807) is 24.1 Å². The van der Waals surface area contributed by atoms with Gasteiger partial charge in [-0.05, 0) is 32.2 Å². The maximum Gasteiger partial charge on any atom is 0.573 e. The van der Waals surface area contributed by atoms with E-state index in [1.165, 1.54) is 12.1 Å². The zero-order chi connectivity index (χ0) is 19.4. The Kier molecular flexibility index (Phi) is 5.46. The molecular formula is C19H18F3N3O2. The molecule has 3 aromatic rings. The van der Waals surface area contributed by atoms with Crippen molar-refractivity contribution in [3.63, 3.8) is 0 Å². The van der Waals surface area contributed by atoms with Crippen LogP contribution in [0.15, 0.2) is 52.9 Å². The fourth-order valence-electron chi connectivity index (χ4n) is 2.65. The largest absolute Gasteiger partial charge is 0.573 e. The van der Waals surface area contributed by atoms with Crippen molar-refractivity contribution in [2.45, 2.75) is 26.4 Å². The number of rotatable bonds is 6. The molecule has 142 valence electrons. The minimum absolute atomic E-state index is 0.220. The number of halogens is 3. The summed E-state index contributed by atoms with van der Waals surface area (Å²) in [6.45, 7) is 2.49.